The minimum absolute atomic E-state index is 0.112. The molecular weight excluding hydrogens is 269 g/mol. The Morgan fingerprint density at radius 3 is 2.55 bits per heavy atom. The number of anilines is 1. The molecule has 0 saturated heterocycles. The van der Waals surface area contributed by atoms with Crippen LogP contribution < -0.4 is 4.90 Å². The second-order valence-electron chi connectivity index (χ2n) is 4.92. The number of hydrogen-bond acceptors (Lipinski definition) is 2. The van der Waals surface area contributed by atoms with Crippen molar-refractivity contribution >= 4 is 11.4 Å². The van der Waals surface area contributed by atoms with Gasteiger partial charge in [-0.2, -0.15) is 13.2 Å². The standard InChI is InChI=1S/C14H15F3N2O/c1-18-13-5-4-11(8-12(13)14(15,16)17)19(6-7-20)9-10-2-3-10/h4-5,8,10,20H,2-3,6-7,9H2. The van der Waals surface area contributed by atoms with Crippen molar-refractivity contribution < 1.29 is 18.3 Å². The molecule has 0 amide bonds. The van der Waals surface area contributed by atoms with Gasteiger partial charge in [-0.15, -0.1) is 0 Å². The van der Waals surface area contributed by atoms with Gasteiger partial charge in [0.25, 0.3) is 0 Å². The molecule has 0 aromatic heterocycles. The lowest BCUT2D eigenvalue weighted by Crippen LogP contribution is -2.29. The number of rotatable bonds is 5. The normalized spacial score (nSPS) is 14.9. The molecule has 20 heavy (non-hydrogen) atoms. The van der Waals surface area contributed by atoms with Crippen LogP contribution in [0.15, 0.2) is 18.2 Å². The fraction of sp³-hybridized carbons (Fsp3) is 0.500. The van der Waals surface area contributed by atoms with Crippen LogP contribution in [0.1, 0.15) is 18.4 Å². The highest BCUT2D eigenvalue weighted by atomic mass is 19.4. The Bertz CT molecular complexity index is 518. The van der Waals surface area contributed by atoms with Crippen LogP contribution in [-0.4, -0.2) is 24.8 Å². The number of aliphatic hydroxyl groups excluding tert-OH is 1. The molecule has 0 bridgehead atoms. The molecule has 0 heterocycles. The Labute approximate surface area is 115 Å². The lowest BCUT2D eigenvalue weighted by molar-refractivity contribution is -0.136. The van der Waals surface area contributed by atoms with E-state index in [1.165, 1.54) is 12.1 Å². The van der Waals surface area contributed by atoms with Gasteiger partial charge in [0.1, 0.15) is 0 Å². The second-order valence-corrected chi connectivity index (χ2v) is 4.92. The predicted octanol–water partition coefficient (Wildman–Crippen LogP) is 3.46. The zero-order chi connectivity index (χ0) is 14.8. The van der Waals surface area contributed by atoms with E-state index >= 15 is 0 Å². The number of halogens is 3. The molecule has 0 spiro atoms. The summed E-state index contributed by atoms with van der Waals surface area (Å²) in [7, 11) is 0. The zero-order valence-corrected chi connectivity index (χ0v) is 10.8. The molecule has 1 aromatic rings. The highest BCUT2D eigenvalue weighted by Crippen LogP contribution is 2.39. The Balaban J connectivity index is 2.32. The molecule has 3 nitrogen and oxygen atoms in total. The summed E-state index contributed by atoms with van der Waals surface area (Å²) in [4.78, 5) is 4.67. The van der Waals surface area contributed by atoms with E-state index in [0.717, 1.165) is 18.9 Å². The largest absolute Gasteiger partial charge is 0.407 e. The molecule has 108 valence electrons. The first kappa shape index (κ1) is 14.7. The van der Waals surface area contributed by atoms with Gasteiger partial charge >= 0.3 is 6.18 Å². The van der Waals surface area contributed by atoms with Gasteiger partial charge in [-0.1, -0.05) is 6.07 Å². The second kappa shape index (κ2) is 5.71. The number of nitrogens with zero attached hydrogens (tertiary/aromatic N) is 2. The van der Waals surface area contributed by atoms with E-state index < -0.39 is 17.4 Å². The fourth-order valence-electron chi connectivity index (χ4n) is 2.10. The Morgan fingerprint density at radius 2 is 2.05 bits per heavy atom. The molecule has 2 rings (SSSR count). The van der Waals surface area contributed by atoms with Crippen molar-refractivity contribution in [3.63, 3.8) is 0 Å². The van der Waals surface area contributed by atoms with Crippen LogP contribution in [0.4, 0.5) is 24.5 Å². The van der Waals surface area contributed by atoms with E-state index in [2.05, 4.69) is 4.85 Å². The van der Waals surface area contributed by atoms with Gasteiger partial charge in [-0.25, -0.2) is 4.85 Å². The average molecular weight is 284 g/mol. The maximum Gasteiger partial charge on any atom is 0.407 e. The fourth-order valence-corrected chi connectivity index (χ4v) is 2.10. The van der Waals surface area contributed by atoms with Gasteiger partial charge in [-0.05, 0) is 30.9 Å². The average Bonchev–Trinajstić information content (AvgIpc) is 3.20. The molecule has 1 aliphatic rings. The molecule has 1 aromatic carbocycles. The third kappa shape index (κ3) is 3.42. The highest BCUT2D eigenvalue weighted by molar-refractivity contribution is 5.62. The SMILES string of the molecule is [C-]#[N+]c1ccc(N(CCO)CC2CC2)cc1C(F)(F)F. The van der Waals surface area contributed by atoms with Crippen LogP contribution in [-0.2, 0) is 6.18 Å². The summed E-state index contributed by atoms with van der Waals surface area (Å²) in [5.74, 6) is 0.497. The molecule has 0 aliphatic heterocycles. The maximum absolute atomic E-state index is 12.9. The quantitative estimate of drug-likeness (QED) is 0.838. The van der Waals surface area contributed by atoms with Crippen molar-refractivity contribution in [2.45, 2.75) is 19.0 Å². The first-order chi connectivity index (χ1) is 9.45. The van der Waals surface area contributed by atoms with Crippen molar-refractivity contribution in [1.29, 1.82) is 0 Å². The van der Waals surface area contributed by atoms with Crippen molar-refractivity contribution in [1.82, 2.24) is 0 Å². The Hall–Kier alpha value is -1.74. The number of benzene rings is 1. The van der Waals surface area contributed by atoms with Crippen LogP contribution in [0.25, 0.3) is 4.85 Å². The summed E-state index contributed by atoms with van der Waals surface area (Å²) < 4.78 is 38.8. The van der Waals surface area contributed by atoms with E-state index in [1.54, 1.807) is 4.90 Å². The summed E-state index contributed by atoms with van der Waals surface area (Å²) in [5.41, 5.74) is -0.897. The summed E-state index contributed by atoms with van der Waals surface area (Å²) in [6, 6.07) is 3.72. The van der Waals surface area contributed by atoms with Gasteiger partial charge in [0.2, 0.25) is 0 Å². The van der Waals surface area contributed by atoms with E-state index in [-0.39, 0.29) is 6.61 Å². The van der Waals surface area contributed by atoms with Crippen LogP contribution in [0.5, 0.6) is 0 Å². The zero-order valence-electron chi connectivity index (χ0n) is 10.8. The van der Waals surface area contributed by atoms with E-state index in [4.69, 9.17) is 11.7 Å². The topological polar surface area (TPSA) is 27.8 Å². The third-order valence-electron chi connectivity index (χ3n) is 3.32. The Kier molecular flexibility index (Phi) is 4.19. The molecule has 1 aliphatic carbocycles. The van der Waals surface area contributed by atoms with Gasteiger partial charge in [0.05, 0.1) is 18.7 Å². The predicted molar refractivity (Wildman–Crippen MR) is 69.7 cm³/mol. The number of alkyl halides is 3. The van der Waals surface area contributed by atoms with Gasteiger partial charge in [0, 0.05) is 18.8 Å². The van der Waals surface area contributed by atoms with E-state index in [9.17, 15) is 13.2 Å². The smallest absolute Gasteiger partial charge is 0.395 e. The molecular formula is C14H15F3N2O. The maximum atomic E-state index is 12.9. The number of hydrogen-bond donors (Lipinski definition) is 1. The van der Waals surface area contributed by atoms with Gasteiger partial charge < -0.3 is 10.0 Å². The summed E-state index contributed by atoms with van der Waals surface area (Å²) in [6.45, 7) is 7.65. The van der Waals surface area contributed by atoms with E-state index in [1.807, 2.05) is 0 Å². The lowest BCUT2D eigenvalue weighted by Gasteiger charge is -2.25. The summed E-state index contributed by atoms with van der Waals surface area (Å²) >= 11 is 0. The molecule has 0 unspecified atom stereocenters. The number of aliphatic hydroxyl groups is 1. The monoisotopic (exact) mass is 284 g/mol. The van der Waals surface area contributed by atoms with Crippen molar-refractivity contribution in [2.24, 2.45) is 5.92 Å². The summed E-state index contributed by atoms with van der Waals surface area (Å²) in [6.07, 6.45) is -2.39. The van der Waals surface area contributed by atoms with Crippen molar-refractivity contribution in [2.75, 3.05) is 24.6 Å². The Morgan fingerprint density at radius 1 is 1.35 bits per heavy atom. The van der Waals surface area contributed by atoms with Gasteiger partial charge in [-0.3, -0.25) is 0 Å². The first-order valence-corrected chi connectivity index (χ1v) is 6.40. The molecule has 0 radical (unpaired) electrons. The lowest BCUT2D eigenvalue weighted by atomic mass is 10.1. The van der Waals surface area contributed by atoms with E-state index in [0.29, 0.717) is 24.7 Å². The molecule has 1 N–H and O–H groups in total. The molecule has 1 saturated carbocycles. The van der Waals surface area contributed by atoms with Gasteiger partial charge in [0.15, 0.2) is 5.69 Å². The minimum atomic E-state index is -4.54. The third-order valence-corrected chi connectivity index (χ3v) is 3.32. The van der Waals surface area contributed by atoms with Crippen LogP contribution in [0, 0.1) is 12.5 Å². The van der Waals surface area contributed by atoms with Crippen LogP contribution in [0.3, 0.4) is 0 Å². The molecule has 1 fully saturated rings. The highest BCUT2D eigenvalue weighted by Gasteiger charge is 2.34. The van der Waals surface area contributed by atoms with Crippen LogP contribution >= 0.6 is 0 Å². The van der Waals surface area contributed by atoms with Crippen molar-refractivity contribution in [3.05, 3.63) is 35.2 Å². The van der Waals surface area contributed by atoms with Crippen LogP contribution in [0.2, 0.25) is 0 Å². The van der Waals surface area contributed by atoms with Crippen molar-refractivity contribution in [3.8, 4) is 0 Å². The summed E-state index contributed by atoms with van der Waals surface area (Å²) in [5, 5.41) is 9.05. The molecule has 6 heteroatoms. The first-order valence-electron chi connectivity index (χ1n) is 6.40. The minimum Gasteiger partial charge on any atom is -0.395 e. The molecule has 0 atom stereocenters.